The van der Waals surface area contributed by atoms with Crippen molar-refractivity contribution in [1.29, 1.82) is 0 Å². The summed E-state index contributed by atoms with van der Waals surface area (Å²) in [5, 5.41) is -0.0547. The van der Waals surface area contributed by atoms with Gasteiger partial charge in [0.05, 0.1) is 19.1 Å². The third kappa shape index (κ3) is 2.73. The molecule has 0 bridgehead atoms. The highest BCUT2D eigenvalue weighted by Crippen LogP contribution is 2.45. The minimum absolute atomic E-state index is 0.0547. The largest absolute Gasteiger partial charge is 0.497 e. The highest BCUT2D eigenvalue weighted by molar-refractivity contribution is 6.21. The molecule has 0 aliphatic carbocycles. The van der Waals surface area contributed by atoms with Gasteiger partial charge in [-0.15, -0.1) is 11.6 Å². The van der Waals surface area contributed by atoms with Crippen LogP contribution in [-0.4, -0.2) is 13.7 Å². The van der Waals surface area contributed by atoms with Crippen molar-refractivity contribution < 1.29 is 9.47 Å². The van der Waals surface area contributed by atoms with Crippen molar-refractivity contribution in [1.82, 2.24) is 0 Å². The summed E-state index contributed by atoms with van der Waals surface area (Å²) in [7, 11) is 1.68. The van der Waals surface area contributed by atoms with E-state index in [1.807, 2.05) is 30.3 Å². The number of para-hydroxylation sites is 1. The van der Waals surface area contributed by atoms with Gasteiger partial charge in [0.1, 0.15) is 11.5 Å². The lowest BCUT2D eigenvalue weighted by molar-refractivity contribution is 0.265. The second-order valence-corrected chi connectivity index (χ2v) is 5.88. The summed E-state index contributed by atoms with van der Waals surface area (Å²) in [5.41, 5.74) is 3.54. The fraction of sp³-hybridized carbons (Fsp3) is 0.333. The first-order valence-corrected chi connectivity index (χ1v) is 7.64. The Balaban J connectivity index is 1.94. The minimum Gasteiger partial charge on any atom is -0.497 e. The molecular weight excluding hydrogens is 284 g/mol. The van der Waals surface area contributed by atoms with Crippen LogP contribution in [0.25, 0.3) is 0 Å². The molecule has 2 aromatic carbocycles. The van der Waals surface area contributed by atoms with Gasteiger partial charge in [-0.25, -0.2) is 0 Å². The van der Waals surface area contributed by atoms with E-state index < -0.39 is 0 Å². The van der Waals surface area contributed by atoms with Crippen molar-refractivity contribution in [2.75, 3.05) is 13.7 Å². The summed E-state index contributed by atoms with van der Waals surface area (Å²) in [6, 6.07) is 14.3. The van der Waals surface area contributed by atoms with Gasteiger partial charge in [-0.2, -0.15) is 0 Å². The predicted octanol–water partition coefficient (Wildman–Crippen LogP) is 4.85. The zero-order valence-electron chi connectivity index (χ0n) is 12.3. The maximum absolute atomic E-state index is 6.82. The fourth-order valence-corrected chi connectivity index (χ4v) is 3.48. The van der Waals surface area contributed by atoms with Crippen LogP contribution in [0.15, 0.2) is 42.5 Å². The molecule has 1 aliphatic rings. The molecule has 0 amide bonds. The van der Waals surface area contributed by atoms with E-state index in [4.69, 9.17) is 21.1 Å². The lowest BCUT2D eigenvalue weighted by atomic mass is 9.86. The summed E-state index contributed by atoms with van der Waals surface area (Å²) in [4.78, 5) is 0. The molecule has 0 saturated heterocycles. The first kappa shape index (κ1) is 14.3. The van der Waals surface area contributed by atoms with Crippen LogP contribution < -0.4 is 9.47 Å². The Morgan fingerprint density at radius 2 is 2.05 bits per heavy atom. The van der Waals surface area contributed by atoms with Crippen LogP contribution in [-0.2, 0) is 0 Å². The van der Waals surface area contributed by atoms with Gasteiger partial charge in [-0.3, -0.25) is 0 Å². The first-order chi connectivity index (χ1) is 10.2. The number of alkyl halides is 1. The maximum atomic E-state index is 6.82. The molecule has 1 aliphatic heterocycles. The van der Waals surface area contributed by atoms with E-state index >= 15 is 0 Å². The molecule has 3 rings (SSSR count). The van der Waals surface area contributed by atoms with Gasteiger partial charge in [0, 0.05) is 5.92 Å². The average Bonchev–Trinajstić information content (AvgIpc) is 2.53. The molecule has 2 unspecified atom stereocenters. The van der Waals surface area contributed by atoms with Crippen LogP contribution in [0.2, 0.25) is 0 Å². The van der Waals surface area contributed by atoms with E-state index in [2.05, 4.69) is 19.1 Å². The second kappa shape index (κ2) is 5.98. The molecule has 0 N–H and O–H groups in total. The van der Waals surface area contributed by atoms with Crippen molar-refractivity contribution >= 4 is 11.6 Å². The lowest BCUT2D eigenvalue weighted by Crippen LogP contribution is -2.18. The smallest absolute Gasteiger partial charge is 0.122 e. The van der Waals surface area contributed by atoms with Gasteiger partial charge < -0.3 is 9.47 Å². The van der Waals surface area contributed by atoms with Gasteiger partial charge in [-0.1, -0.05) is 24.3 Å². The number of ether oxygens (including phenoxy) is 2. The molecule has 0 aromatic heterocycles. The topological polar surface area (TPSA) is 18.5 Å². The van der Waals surface area contributed by atoms with Crippen LogP contribution in [0.4, 0.5) is 0 Å². The molecule has 3 heteroatoms. The molecule has 0 saturated carbocycles. The standard InChI is InChI=1S/C18H19ClO2/c1-12-11-13(20-2)7-8-14(12)18(19)16-9-10-21-17-6-4-3-5-15(16)17/h3-8,11,16,18H,9-10H2,1-2H3. The summed E-state index contributed by atoms with van der Waals surface area (Å²) in [5.74, 6) is 2.11. The van der Waals surface area contributed by atoms with E-state index in [1.165, 1.54) is 16.7 Å². The third-order valence-electron chi connectivity index (χ3n) is 4.13. The van der Waals surface area contributed by atoms with Gasteiger partial charge in [0.2, 0.25) is 0 Å². The Morgan fingerprint density at radius 1 is 1.24 bits per heavy atom. The Hall–Kier alpha value is -1.67. The van der Waals surface area contributed by atoms with Crippen LogP contribution in [0.5, 0.6) is 11.5 Å². The molecule has 0 fully saturated rings. The van der Waals surface area contributed by atoms with Crippen LogP contribution in [0, 0.1) is 6.92 Å². The molecule has 2 nitrogen and oxygen atoms in total. The molecule has 110 valence electrons. The zero-order valence-corrected chi connectivity index (χ0v) is 13.1. The van der Waals surface area contributed by atoms with E-state index in [-0.39, 0.29) is 11.3 Å². The number of benzene rings is 2. The third-order valence-corrected chi connectivity index (χ3v) is 4.67. The number of hydrogen-bond donors (Lipinski definition) is 0. The number of methoxy groups -OCH3 is 1. The van der Waals surface area contributed by atoms with Gasteiger partial charge in [0.15, 0.2) is 0 Å². The fourth-order valence-electron chi connectivity index (χ4n) is 2.97. The van der Waals surface area contributed by atoms with Crippen LogP contribution >= 0.6 is 11.6 Å². The summed E-state index contributed by atoms with van der Waals surface area (Å²) < 4.78 is 11.0. The van der Waals surface area contributed by atoms with E-state index in [1.54, 1.807) is 7.11 Å². The lowest BCUT2D eigenvalue weighted by Gasteiger charge is -2.30. The van der Waals surface area contributed by atoms with Crippen LogP contribution in [0.1, 0.15) is 34.4 Å². The van der Waals surface area contributed by atoms with E-state index in [9.17, 15) is 0 Å². The first-order valence-electron chi connectivity index (χ1n) is 7.21. The molecule has 0 spiro atoms. The van der Waals surface area contributed by atoms with Crippen molar-refractivity contribution in [3.8, 4) is 11.5 Å². The van der Waals surface area contributed by atoms with Crippen molar-refractivity contribution in [3.63, 3.8) is 0 Å². The van der Waals surface area contributed by atoms with Gasteiger partial charge >= 0.3 is 0 Å². The number of halogens is 1. The Morgan fingerprint density at radius 3 is 2.81 bits per heavy atom. The van der Waals surface area contributed by atoms with Crippen molar-refractivity contribution in [3.05, 3.63) is 59.2 Å². The summed E-state index contributed by atoms with van der Waals surface area (Å²) in [6.45, 7) is 2.80. The highest BCUT2D eigenvalue weighted by Gasteiger charge is 2.29. The second-order valence-electron chi connectivity index (χ2n) is 5.41. The number of fused-ring (bicyclic) bond motifs is 1. The molecule has 21 heavy (non-hydrogen) atoms. The minimum atomic E-state index is -0.0547. The summed E-state index contributed by atoms with van der Waals surface area (Å²) in [6.07, 6.45) is 0.941. The number of rotatable bonds is 3. The quantitative estimate of drug-likeness (QED) is 0.755. The molecular formula is C18H19ClO2. The predicted molar refractivity (Wildman–Crippen MR) is 85.6 cm³/mol. The number of aryl methyl sites for hydroxylation is 1. The van der Waals surface area contributed by atoms with Gasteiger partial charge in [0.25, 0.3) is 0 Å². The zero-order chi connectivity index (χ0) is 14.8. The SMILES string of the molecule is COc1ccc(C(Cl)C2CCOc3ccccc32)c(C)c1. The highest BCUT2D eigenvalue weighted by atomic mass is 35.5. The Labute approximate surface area is 130 Å². The van der Waals surface area contributed by atoms with E-state index in [0.29, 0.717) is 0 Å². The number of hydrogen-bond acceptors (Lipinski definition) is 2. The van der Waals surface area contributed by atoms with Crippen LogP contribution in [0.3, 0.4) is 0 Å². The molecule has 1 heterocycles. The molecule has 0 radical (unpaired) electrons. The van der Waals surface area contributed by atoms with Gasteiger partial charge in [-0.05, 0) is 48.2 Å². The monoisotopic (exact) mass is 302 g/mol. The summed E-state index contributed by atoms with van der Waals surface area (Å²) >= 11 is 6.82. The normalized spacial score (nSPS) is 18.5. The van der Waals surface area contributed by atoms with E-state index in [0.717, 1.165) is 24.5 Å². The van der Waals surface area contributed by atoms with Crippen molar-refractivity contribution in [2.24, 2.45) is 0 Å². The molecule has 2 aromatic rings. The van der Waals surface area contributed by atoms with Crippen molar-refractivity contribution in [2.45, 2.75) is 24.6 Å². The average molecular weight is 303 g/mol. The maximum Gasteiger partial charge on any atom is 0.122 e. The Bertz CT molecular complexity index is 639. The Kier molecular flexibility index (Phi) is 4.07. The molecule has 2 atom stereocenters.